The van der Waals surface area contributed by atoms with Crippen molar-refractivity contribution in [2.75, 3.05) is 7.11 Å². The minimum Gasteiger partial charge on any atom is -0.323 e. The molecule has 2 rings (SSSR count). The molecule has 1 aliphatic heterocycles. The van der Waals surface area contributed by atoms with Crippen LogP contribution in [0.3, 0.4) is 0 Å². The molecule has 6 nitrogen and oxygen atoms in total. The Labute approximate surface area is 116 Å². The van der Waals surface area contributed by atoms with Gasteiger partial charge in [0.1, 0.15) is 5.78 Å². The monoisotopic (exact) mass is 297 g/mol. The fourth-order valence-corrected chi connectivity index (χ4v) is 3.85. The van der Waals surface area contributed by atoms with E-state index in [-0.39, 0.29) is 11.1 Å². The molecule has 1 heterocycles. The van der Waals surface area contributed by atoms with Crippen LogP contribution in [0.1, 0.15) is 34.6 Å². The zero-order chi connectivity index (χ0) is 15.1. The van der Waals surface area contributed by atoms with Crippen LogP contribution < -0.4 is 0 Å². The number of nitrogens with zero attached hydrogens (tertiary/aromatic N) is 1. The minimum absolute atomic E-state index is 0.249. The number of benzene rings is 1. The molecule has 1 aromatic carbocycles. The lowest BCUT2D eigenvalue weighted by atomic mass is 10.1. The Morgan fingerprint density at radius 1 is 1.15 bits per heavy atom. The van der Waals surface area contributed by atoms with Crippen molar-refractivity contribution in [3.05, 3.63) is 35.4 Å². The summed E-state index contributed by atoms with van der Waals surface area (Å²) in [6.07, 6.45) is 0. The molecular weight excluding hydrogens is 281 g/mol. The van der Waals surface area contributed by atoms with Gasteiger partial charge in [0.15, 0.2) is 0 Å². The molecule has 1 aliphatic rings. The van der Waals surface area contributed by atoms with Gasteiger partial charge in [-0.3, -0.25) is 19.1 Å². The van der Waals surface area contributed by atoms with Crippen molar-refractivity contribution in [2.24, 2.45) is 5.92 Å². The molecule has 0 radical (unpaired) electrons. The third-order valence-corrected chi connectivity index (χ3v) is 5.30. The van der Waals surface area contributed by atoms with Gasteiger partial charge in [-0.2, -0.15) is 0 Å². The lowest BCUT2D eigenvalue weighted by Crippen LogP contribution is -2.43. The maximum Gasteiger partial charge on any atom is 0.350 e. The van der Waals surface area contributed by atoms with E-state index in [2.05, 4.69) is 4.52 Å². The molecule has 1 aromatic rings. The van der Waals surface area contributed by atoms with Gasteiger partial charge in [-0.1, -0.05) is 26.0 Å². The van der Waals surface area contributed by atoms with Crippen LogP contribution in [0.15, 0.2) is 24.3 Å². The number of imide groups is 1. The average molecular weight is 297 g/mol. The van der Waals surface area contributed by atoms with Crippen molar-refractivity contribution in [1.29, 1.82) is 0 Å². The molecule has 2 unspecified atom stereocenters. The Bertz CT molecular complexity index is 578. The molecule has 1 N–H and O–H groups in total. The molecule has 20 heavy (non-hydrogen) atoms. The fourth-order valence-electron chi connectivity index (χ4n) is 2.38. The molecular formula is C13H16NO5P. The van der Waals surface area contributed by atoms with Gasteiger partial charge in [0.05, 0.1) is 11.1 Å². The van der Waals surface area contributed by atoms with Crippen LogP contribution in [0.25, 0.3) is 0 Å². The summed E-state index contributed by atoms with van der Waals surface area (Å²) in [7, 11) is -3.02. The van der Waals surface area contributed by atoms with Crippen molar-refractivity contribution in [2.45, 2.75) is 19.6 Å². The van der Waals surface area contributed by atoms with Gasteiger partial charge >= 0.3 is 7.60 Å². The van der Waals surface area contributed by atoms with Gasteiger partial charge < -0.3 is 9.42 Å². The van der Waals surface area contributed by atoms with Gasteiger partial charge in [-0.05, 0) is 18.1 Å². The standard InChI is InChI=1S/C13H16NO5P/c1-8(2)13(20(17,18)19-3)14-11(15)9-6-4-5-7-10(9)12(14)16/h4-8,13H,1-3H3,(H,17,18). The van der Waals surface area contributed by atoms with Crippen molar-refractivity contribution >= 4 is 19.4 Å². The molecule has 0 aliphatic carbocycles. The van der Waals surface area contributed by atoms with E-state index >= 15 is 0 Å². The second kappa shape index (κ2) is 5.13. The van der Waals surface area contributed by atoms with Gasteiger partial charge in [-0.15, -0.1) is 0 Å². The quantitative estimate of drug-likeness (QED) is 0.679. The molecule has 7 heteroatoms. The summed E-state index contributed by atoms with van der Waals surface area (Å²) >= 11 is 0. The summed E-state index contributed by atoms with van der Waals surface area (Å²) in [5.41, 5.74) is 0.499. The number of fused-ring (bicyclic) bond motifs is 1. The molecule has 0 saturated heterocycles. The number of carbonyl (C=O) groups excluding carboxylic acids is 2. The third-order valence-electron chi connectivity index (χ3n) is 3.28. The van der Waals surface area contributed by atoms with Crippen LogP contribution in [0.5, 0.6) is 0 Å². The van der Waals surface area contributed by atoms with Gasteiger partial charge in [0.2, 0.25) is 0 Å². The summed E-state index contributed by atoms with van der Waals surface area (Å²) in [5.74, 6) is -2.72. The first-order chi connectivity index (χ1) is 9.31. The molecule has 0 fully saturated rings. The molecule has 0 spiro atoms. The summed E-state index contributed by atoms with van der Waals surface area (Å²) in [6.45, 7) is 3.33. The molecule has 2 amide bonds. The van der Waals surface area contributed by atoms with Crippen LogP contribution in [-0.2, 0) is 9.09 Å². The van der Waals surface area contributed by atoms with Crippen molar-refractivity contribution in [3.8, 4) is 0 Å². The molecule has 108 valence electrons. The van der Waals surface area contributed by atoms with E-state index < -0.39 is 31.1 Å². The van der Waals surface area contributed by atoms with Crippen LogP contribution in [-0.4, -0.2) is 34.5 Å². The Kier molecular flexibility index (Phi) is 3.82. The molecule has 0 bridgehead atoms. The van der Waals surface area contributed by atoms with E-state index in [9.17, 15) is 19.0 Å². The second-order valence-electron chi connectivity index (χ2n) is 4.93. The van der Waals surface area contributed by atoms with Crippen LogP contribution in [0.2, 0.25) is 0 Å². The number of hydrogen-bond donors (Lipinski definition) is 1. The Balaban J connectivity index is 2.51. The zero-order valence-electron chi connectivity index (χ0n) is 11.4. The summed E-state index contributed by atoms with van der Waals surface area (Å²) in [6, 6.07) is 6.35. The number of rotatable bonds is 4. The van der Waals surface area contributed by atoms with E-state index in [4.69, 9.17) is 0 Å². The SMILES string of the molecule is COP(=O)(O)C(C(C)C)N1C(=O)c2ccccc2C1=O. The normalized spacial score (nSPS) is 19.1. The Hall–Kier alpha value is -1.49. The van der Waals surface area contributed by atoms with Crippen molar-refractivity contribution < 1.29 is 23.6 Å². The highest BCUT2D eigenvalue weighted by Gasteiger charge is 2.48. The first kappa shape index (κ1) is 14.9. The smallest absolute Gasteiger partial charge is 0.323 e. The van der Waals surface area contributed by atoms with Crippen molar-refractivity contribution in [3.63, 3.8) is 0 Å². The number of amides is 2. The third kappa shape index (κ3) is 2.20. The largest absolute Gasteiger partial charge is 0.350 e. The maximum atomic E-state index is 12.3. The minimum atomic E-state index is -4.11. The van der Waals surface area contributed by atoms with E-state index in [1.54, 1.807) is 26.0 Å². The van der Waals surface area contributed by atoms with Crippen LogP contribution >= 0.6 is 7.60 Å². The highest BCUT2D eigenvalue weighted by molar-refractivity contribution is 7.53. The first-order valence-electron chi connectivity index (χ1n) is 6.16. The topological polar surface area (TPSA) is 83.9 Å². The van der Waals surface area contributed by atoms with E-state index in [1.807, 2.05) is 0 Å². The number of hydrogen-bond acceptors (Lipinski definition) is 4. The van der Waals surface area contributed by atoms with Gasteiger partial charge in [-0.25, -0.2) is 0 Å². The lowest BCUT2D eigenvalue weighted by Gasteiger charge is -2.31. The predicted molar refractivity (Wildman–Crippen MR) is 72.4 cm³/mol. The van der Waals surface area contributed by atoms with E-state index in [0.717, 1.165) is 12.0 Å². The molecule has 0 saturated carbocycles. The predicted octanol–water partition coefficient (Wildman–Crippen LogP) is 2.10. The zero-order valence-corrected chi connectivity index (χ0v) is 12.3. The Morgan fingerprint density at radius 3 is 1.95 bits per heavy atom. The van der Waals surface area contributed by atoms with E-state index in [1.165, 1.54) is 12.1 Å². The second-order valence-corrected chi connectivity index (χ2v) is 6.95. The van der Waals surface area contributed by atoms with Gasteiger partial charge in [0, 0.05) is 7.11 Å². The van der Waals surface area contributed by atoms with Crippen molar-refractivity contribution in [1.82, 2.24) is 4.90 Å². The average Bonchev–Trinajstić information content (AvgIpc) is 2.64. The molecule has 0 aromatic heterocycles. The number of carbonyl (C=O) groups is 2. The molecule has 2 atom stereocenters. The van der Waals surface area contributed by atoms with Gasteiger partial charge in [0.25, 0.3) is 11.8 Å². The summed E-state index contributed by atoms with van der Waals surface area (Å²) in [4.78, 5) is 35.4. The summed E-state index contributed by atoms with van der Waals surface area (Å²) in [5, 5.41) is 0. The first-order valence-corrected chi connectivity index (χ1v) is 7.81. The van der Waals surface area contributed by atoms with Crippen LogP contribution in [0.4, 0.5) is 0 Å². The summed E-state index contributed by atoms with van der Waals surface area (Å²) < 4.78 is 16.8. The highest BCUT2D eigenvalue weighted by Crippen LogP contribution is 2.52. The maximum absolute atomic E-state index is 12.3. The Morgan fingerprint density at radius 2 is 1.60 bits per heavy atom. The lowest BCUT2D eigenvalue weighted by molar-refractivity contribution is 0.0578. The fraction of sp³-hybridized carbons (Fsp3) is 0.385. The van der Waals surface area contributed by atoms with Crippen LogP contribution in [0, 0.1) is 5.92 Å². The highest BCUT2D eigenvalue weighted by atomic mass is 31.2. The van der Waals surface area contributed by atoms with E-state index in [0.29, 0.717) is 0 Å².